The second-order valence-electron chi connectivity index (χ2n) is 4.20. The Balaban J connectivity index is 1.85. The topological polar surface area (TPSA) is 85.9 Å². The van der Waals surface area contributed by atoms with Crippen LogP contribution in [0.15, 0.2) is 34.2 Å². The van der Waals surface area contributed by atoms with Gasteiger partial charge in [0.15, 0.2) is 5.16 Å². The Morgan fingerprint density at radius 3 is 3.00 bits per heavy atom. The number of nitrogens with zero attached hydrogens (tertiary/aromatic N) is 2. The Morgan fingerprint density at radius 2 is 2.25 bits per heavy atom. The van der Waals surface area contributed by atoms with Gasteiger partial charge in [0.05, 0.1) is 12.3 Å². The molecule has 0 unspecified atom stereocenters. The van der Waals surface area contributed by atoms with Crippen molar-refractivity contribution in [3.63, 3.8) is 0 Å². The van der Waals surface area contributed by atoms with Gasteiger partial charge in [-0.1, -0.05) is 30.8 Å². The minimum atomic E-state index is -0.164. The minimum Gasteiger partial charge on any atom is -0.491 e. The molecule has 108 valence electrons. The van der Waals surface area contributed by atoms with Gasteiger partial charge >= 0.3 is 5.69 Å². The van der Waals surface area contributed by atoms with Crippen molar-refractivity contribution >= 4 is 17.4 Å². The number of aromatic nitrogens is 3. The maximum Gasteiger partial charge on any atom is 0.343 e. The number of nitrogen functional groups attached to an aromatic ring is 1. The molecular formula is C13H18N4O2S. The Morgan fingerprint density at radius 1 is 1.45 bits per heavy atom. The number of hydrogen-bond donors (Lipinski definition) is 2. The number of thioether (sulfide) groups is 1. The number of para-hydroxylation sites is 2. The molecule has 0 radical (unpaired) electrons. The van der Waals surface area contributed by atoms with Crippen LogP contribution in [0.3, 0.4) is 0 Å². The smallest absolute Gasteiger partial charge is 0.343 e. The van der Waals surface area contributed by atoms with E-state index in [4.69, 9.17) is 10.5 Å². The van der Waals surface area contributed by atoms with Gasteiger partial charge in [-0.25, -0.2) is 9.89 Å². The van der Waals surface area contributed by atoms with Crippen LogP contribution in [-0.4, -0.2) is 27.1 Å². The lowest BCUT2D eigenvalue weighted by atomic mass is 10.3. The van der Waals surface area contributed by atoms with E-state index in [0.717, 1.165) is 6.42 Å². The third-order valence-electron chi connectivity index (χ3n) is 2.66. The number of nitrogens with two attached hydrogens (primary N) is 1. The van der Waals surface area contributed by atoms with Gasteiger partial charge in [0.2, 0.25) is 0 Å². The number of rotatable bonds is 7. The first kappa shape index (κ1) is 14.5. The molecule has 0 aliphatic heterocycles. The number of hydrogen-bond acceptors (Lipinski definition) is 5. The van der Waals surface area contributed by atoms with Crippen molar-refractivity contribution in [1.29, 1.82) is 0 Å². The first-order valence-corrected chi connectivity index (χ1v) is 7.46. The highest BCUT2D eigenvalue weighted by Crippen LogP contribution is 2.20. The zero-order valence-corrected chi connectivity index (χ0v) is 12.2. The summed E-state index contributed by atoms with van der Waals surface area (Å²) < 4.78 is 7.23. The molecule has 0 aliphatic rings. The molecule has 0 amide bonds. The number of anilines is 1. The van der Waals surface area contributed by atoms with Crippen LogP contribution in [0.4, 0.5) is 5.69 Å². The van der Waals surface area contributed by atoms with Crippen molar-refractivity contribution in [2.45, 2.75) is 25.0 Å². The van der Waals surface area contributed by atoms with Crippen molar-refractivity contribution in [1.82, 2.24) is 14.8 Å². The second-order valence-corrected chi connectivity index (χ2v) is 5.26. The summed E-state index contributed by atoms with van der Waals surface area (Å²) in [5.74, 6) is 1.38. The molecular weight excluding hydrogens is 276 g/mol. The average molecular weight is 294 g/mol. The Bertz CT molecular complexity index is 608. The number of nitrogens with one attached hydrogen (secondary N) is 1. The number of ether oxygens (including phenoxy) is 1. The maximum atomic E-state index is 11.5. The van der Waals surface area contributed by atoms with Crippen molar-refractivity contribution in [2.24, 2.45) is 0 Å². The van der Waals surface area contributed by atoms with Crippen LogP contribution in [0.1, 0.15) is 13.3 Å². The van der Waals surface area contributed by atoms with Gasteiger partial charge in [0.25, 0.3) is 0 Å². The standard InChI is InChI=1S/C13H18N4O2S/c1-2-7-17-12(18)15-16-13(17)20-9-8-19-11-6-4-3-5-10(11)14/h3-6H,2,7-9,14H2,1H3,(H,15,18). The third-order valence-corrected chi connectivity index (χ3v) is 3.60. The summed E-state index contributed by atoms with van der Waals surface area (Å²) >= 11 is 1.49. The summed E-state index contributed by atoms with van der Waals surface area (Å²) in [7, 11) is 0. The van der Waals surface area contributed by atoms with Crippen LogP contribution in [-0.2, 0) is 6.54 Å². The van der Waals surface area contributed by atoms with E-state index >= 15 is 0 Å². The predicted molar refractivity (Wildman–Crippen MR) is 80.2 cm³/mol. The van der Waals surface area contributed by atoms with Crippen molar-refractivity contribution in [3.8, 4) is 5.75 Å². The predicted octanol–water partition coefficient (Wildman–Crippen LogP) is 1.73. The quantitative estimate of drug-likeness (QED) is 0.461. The molecule has 0 bridgehead atoms. The largest absolute Gasteiger partial charge is 0.491 e. The lowest BCUT2D eigenvalue weighted by Gasteiger charge is -2.08. The highest BCUT2D eigenvalue weighted by atomic mass is 32.2. The Kier molecular flexibility index (Phi) is 5.11. The van der Waals surface area contributed by atoms with Crippen LogP contribution >= 0.6 is 11.8 Å². The SMILES string of the molecule is CCCn1c(SCCOc2ccccc2N)n[nH]c1=O. The second kappa shape index (κ2) is 7.04. The van der Waals surface area contributed by atoms with Crippen molar-refractivity contribution in [2.75, 3.05) is 18.1 Å². The molecule has 1 heterocycles. The van der Waals surface area contributed by atoms with Gasteiger partial charge in [-0.05, 0) is 18.6 Å². The fourth-order valence-corrected chi connectivity index (χ4v) is 2.52. The number of benzene rings is 1. The maximum absolute atomic E-state index is 11.5. The number of H-pyrrole nitrogens is 1. The van der Waals surface area contributed by atoms with E-state index in [1.807, 2.05) is 25.1 Å². The summed E-state index contributed by atoms with van der Waals surface area (Å²) in [4.78, 5) is 11.5. The highest BCUT2D eigenvalue weighted by Gasteiger charge is 2.07. The third kappa shape index (κ3) is 3.57. The van der Waals surface area contributed by atoms with E-state index in [9.17, 15) is 4.79 Å². The number of aromatic amines is 1. The van der Waals surface area contributed by atoms with Gasteiger partial charge in [0, 0.05) is 12.3 Å². The van der Waals surface area contributed by atoms with Gasteiger partial charge in [-0.2, -0.15) is 0 Å². The van der Waals surface area contributed by atoms with E-state index in [0.29, 0.717) is 35.5 Å². The normalized spacial score (nSPS) is 10.7. The zero-order chi connectivity index (χ0) is 14.4. The summed E-state index contributed by atoms with van der Waals surface area (Å²) in [5.41, 5.74) is 6.25. The molecule has 0 fully saturated rings. The fourth-order valence-electron chi connectivity index (χ4n) is 1.73. The van der Waals surface area contributed by atoms with Gasteiger partial charge in [-0.15, -0.1) is 5.10 Å². The molecule has 3 N–H and O–H groups in total. The molecule has 0 aliphatic carbocycles. The summed E-state index contributed by atoms with van der Waals surface area (Å²) in [6, 6.07) is 7.38. The Hall–Kier alpha value is -1.89. The molecule has 1 aromatic heterocycles. The van der Waals surface area contributed by atoms with E-state index in [1.165, 1.54) is 11.8 Å². The van der Waals surface area contributed by atoms with Crippen LogP contribution in [0, 0.1) is 0 Å². The summed E-state index contributed by atoms with van der Waals surface area (Å²) in [5, 5.41) is 7.17. The fraction of sp³-hybridized carbons (Fsp3) is 0.385. The molecule has 0 saturated heterocycles. The van der Waals surface area contributed by atoms with Crippen LogP contribution in [0.5, 0.6) is 5.75 Å². The van der Waals surface area contributed by atoms with Crippen molar-refractivity contribution < 1.29 is 4.74 Å². The average Bonchev–Trinajstić information content (AvgIpc) is 2.79. The molecule has 0 atom stereocenters. The van der Waals surface area contributed by atoms with Crippen molar-refractivity contribution in [3.05, 3.63) is 34.7 Å². The first-order valence-electron chi connectivity index (χ1n) is 6.47. The van der Waals surface area contributed by atoms with E-state index < -0.39 is 0 Å². The van der Waals surface area contributed by atoms with Crippen LogP contribution in [0.2, 0.25) is 0 Å². The van der Waals surface area contributed by atoms with Gasteiger partial charge in [0.1, 0.15) is 5.75 Å². The van der Waals surface area contributed by atoms with E-state index in [1.54, 1.807) is 10.6 Å². The molecule has 1 aromatic carbocycles. The van der Waals surface area contributed by atoms with Gasteiger partial charge in [-0.3, -0.25) is 4.57 Å². The molecule has 20 heavy (non-hydrogen) atoms. The zero-order valence-electron chi connectivity index (χ0n) is 11.3. The monoisotopic (exact) mass is 294 g/mol. The lowest BCUT2D eigenvalue weighted by molar-refractivity contribution is 0.345. The van der Waals surface area contributed by atoms with Gasteiger partial charge < -0.3 is 10.5 Å². The minimum absolute atomic E-state index is 0.164. The molecule has 0 spiro atoms. The summed E-state index contributed by atoms with van der Waals surface area (Å²) in [6.07, 6.45) is 0.893. The molecule has 7 heteroatoms. The van der Waals surface area contributed by atoms with Crippen LogP contribution < -0.4 is 16.2 Å². The van der Waals surface area contributed by atoms with E-state index in [-0.39, 0.29) is 5.69 Å². The molecule has 0 saturated carbocycles. The summed E-state index contributed by atoms with van der Waals surface area (Å²) in [6.45, 7) is 3.20. The van der Waals surface area contributed by atoms with E-state index in [2.05, 4.69) is 10.2 Å². The van der Waals surface area contributed by atoms with Crippen LogP contribution in [0.25, 0.3) is 0 Å². The lowest BCUT2D eigenvalue weighted by Crippen LogP contribution is -2.17. The molecule has 6 nitrogen and oxygen atoms in total. The highest BCUT2D eigenvalue weighted by molar-refractivity contribution is 7.99. The first-order chi connectivity index (χ1) is 9.72. The molecule has 2 aromatic rings. The Labute approximate surface area is 121 Å². The molecule has 2 rings (SSSR count).